The molecule has 1 amide bonds. The summed E-state index contributed by atoms with van der Waals surface area (Å²) in [6.07, 6.45) is 1.68. The van der Waals surface area contributed by atoms with Crippen molar-refractivity contribution in [2.45, 2.75) is 13.8 Å². The number of nitrogens with zero attached hydrogens (tertiary/aromatic N) is 2. The minimum Gasteiger partial charge on any atom is -0.352 e. The Morgan fingerprint density at radius 2 is 1.96 bits per heavy atom. The molecule has 0 radical (unpaired) electrons. The normalized spacial score (nSPS) is 10.6. The number of carbonyl (C=O) groups excluding carboxylic acids is 1. The van der Waals surface area contributed by atoms with Crippen molar-refractivity contribution in [3.8, 4) is 16.9 Å². The van der Waals surface area contributed by atoms with E-state index in [1.54, 1.807) is 23.0 Å². The van der Waals surface area contributed by atoms with Crippen LogP contribution in [0.2, 0.25) is 0 Å². The van der Waals surface area contributed by atoms with Crippen LogP contribution in [0, 0.1) is 12.7 Å². The van der Waals surface area contributed by atoms with Crippen LogP contribution in [0.5, 0.6) is 0 Å². The van der Waals surface area contributed by atoms with Crippen LogP contribution in [0.25, 0.3) is 16.9 Å². The highest BCUT2D eigenvalue weighted by atomic mass is 19.1. The molecule has 1 heterocycles. The Labute approximate surface area is 139 Å². The van der Waals surface area contributed by atoms with Gasteiger partial charge in [-0.25, -0.2) is 9.07 Å². The van der Waals surface area contributed by atoms with Gasteiger partial charge in [0.1, 0.15) is 11.5 Å². The van der Waals surface area contributed by atoms with Gasteiger partial charge in [0.15, 0.2) is 0 Å². The van der Waals surface area contributed by atoms with Gasteiger partial charge in [-0.1, -0.05) is 23.8 Å². The molecule has 0 unspecified atom stereocenters. The lowest BCUT2D eigenvalue weighted by Gasteiger charge is -2.03. The Bertz CT molecular complexity index is 869. The van der Waals surface area contributed by atoms with Crippen LogP contribution < -0.4 is 5.32 Å². The molecule has 0 aliphatic rings. The molecule has 2 aromatic carbocycles. The van der Waals surface area contributed by atoms with Crippen molar-refractivity contribution >= 4 is 5.91 Å². The number of amides is 1. The standard InChI is InChI=1S/C19H18FN3O/c1-3-21-19(24)17-12-23(16-9-7-15(20)8-10-16)22-18(17)14-6-4-5-13(2)11-14/h4-12H,3H2,1-2H3,(H,21,24). The molecule has 0 spiro atoms. The summed E-state index contributed by atoms with van der Waals surface area (Å²) in [5.41, 5.74) is 3.75. The molecule has 0 aliphatic heterocycles. The average molecular weight is 323 g/mol. The predicted octanol–water partition coefficient (Wildman–Crippen LogP) is 3.74. The minimum absolute atomic E-state index is 0.178. The van der Waals surface area contributed by atoms with E-state index in [2.05, 4.69) is 10.4 Å². The number of hydrogen-bond acceptors (Lipinski definition) is 2. The molecule has 4 nitrogen and oxygen atoms in total. The molecule has 0 atom stereocenters. The van der Waals surface area contributed by atoms with Gasteiger partial charge in [-0.15, -0.1) is 0 Å². The molecule has 0 saturated heterocycles. The van der Waals surface area contributed by atoms with E-state index in [-0.39, 0.29) is 11.7 Å². The van der Waals surface area contributed by atoms with Crippen LogP contribution >= 0.6 is 0 Å². The second-order valence-electron chi connectivity index (χ2n) is 5.54. The minimum atomic E-state index is -0.311. The highest BCUT2D eigenvalue weighted by Gasteiger charge is 2.18. The van der Waals surface area contributed by atoms with Gasteiger partial charge in [0, 0.05) is 18.3 Å². The first-order valence-electron chi connectivity index (χ1n) is 7.79. The summed E-state index contributed by atoms with van der Waals surface area (Å²) in [5.74, 6) is -0.490. The number of rotatable bonds is 4. The number of carbonyl (C=O) groups is 1. The highest BCUT2D eigenvalue weighted by molar-refractivity contribution is 5.99. The van der Waals surface area contributed by atoms with Crippen molar-refractivity contribution < 1.29 is 9.18 Å². The van der Waals surface area contributed by atoms with E-state index in [0.717, 1.165) is 11.1 Å². The van der Waals surface area contributed by atoms with Crippen LogP contribution in [0.4, 0.5) is 4.39 Å². The van der Waals surface area contributed by atoms with Gasteiger partial charge in [-0.2, -0.15) is 5.10 Å². The Morgan fingerprint density at radius 1 is 1.21 bits per heavy atom. The van der Waals surface area contributed by atoms with Gasteiger partial charge in [0.2, 0.25) is 0 Å². The van der Waals surface area contributed by atoms with Crippen LogP contribution in [0.1, 0.15) is 22.8 Å². The van der Waals surface area contributed by atoms with Gasteiger partial charge >= 0.3 is 0 Å². The summed E-state index contributed by atoms with van der Waals surface area (Å²) in [5, 5.41) is 7.37. The van der Waals surface area contributed by atoms with E-state index in [1.165, 1.54) is 12.1 Å². The summed E-state index contributed by atoms with van der Waals surface area (Å²) in [4.78, 5) is 12.4. The van der Waals surface area contributed by atoms with Crippen molar-refractivity contribution in [2.75, 3.05) is 6.54 Å². The monoisotopic (exact) mass is 323 g/mol. The molecule has 1 aromatic heterocycles. The maximum Gasteiger partial charge on any atom is 0.255 e. The first-order valence-corrected chi connectivity index (χ1v) is 7.79. The highest BCUT2D eigenvalue weighted by Crippen LogP contribution is 2.24. The Balaban J connectivity index is 2.12. The molecule has 3 aromatic rings. The molecule has 0 saturated carbocycles. The summed E-state index contributed by atoms with van der Waals surface area (Å²) < 4.78 is 14.7. The second kappa shape index (κ2) is 6.66. The number of aryl methyl sites for hydroxylation is 1. The lowest BCUT2D eigenvalue weighted by Crippen LogP contribution is -2.22. The molecule has 122 valence electrons. The smallest absolute Gasteiger partial charge is 0.255 e. The lowest BCUT2D eigenvalue weighted by atomic mass is 10.1. The number of nitrogens with one attached hydrogen (secondary N) is 1. The van der Waals surface area contributed by atoms with E-state index in [1.807, 2.05) is 38.1 Å². The van der Waals surface area contributed by atoms with E-state index in [4.69, 9.17) is 0 Å². The summed E-state index contributed by atoms with van der Waals surface area (Å²) in [6, 6.07) is 13.8. The van der Waals surface area contributed by atoms with Gasteiger partial charge in [0.25, 0.3) is 5.91 Å². The van der Waals surface area contributed by atoms with Crippen LogP contribution in [-0.2, 0) is 0 Å². The van der Waals surface area contributed by atoms with Crippen molar-refractivity contribution in [3.63, 3.8) is 0 Å². The van der Waals surface area contributed by atoms with Crippen LogP contribution in [-0.4, -0.2) is 22.2 Å². The quantitative estimate of drug-likeness (QED) is 0.795. The number of benzene rings is 2. The average Bonchev–Trinajstić information content (AvgIpc) is 3.01. The van der Waals surface area contributed by atoms with E-state index in [0.29, 0.717) is 23.5 Å². The molecule has 0 aliphatic carbocycles. The van der Waals surface area contributed by atoms with Gasteiger partial charge in [-0.3, -0.25) is 4.79 Å². The van der Waals surface area contributed by atoms with Crippen LogP contribution in [0.3, 0.4) is 0 Å². The summed E-state index contributed by atoms with van der Waals surface area (Å²) >= 11 is 0. The third-order valence-electron chi connectivity index (χ3n) is 3.68. The van der Waals surface area contributed by atoms with Gasteiger partial charge < -0.3 is 5.32 Å². The Kier molecular flexibility index (Phi) is 4.42. The summed E-state index contributed by atoms with van der Waals surface area (Å²) in [7, 11) is 0. The van der Waals surface area contributed by atoms with Crippen LogP contribution in [0.15, 0.2) is 54.7 Å². The first-order chi connectivity index (χ1) is 11.6. The molecule has 5 heteroatoms. The maximum atomic E-state index is 13.1. The van der Waals surface area contributed by atoms with Crippen molar-refractivity contribution in [2.24, 2.45) is 0 Å². The zero-order valence-corrected chi connectivity index (χ0v) is 13.6. The second-order valence-corrected chi connectivity index (χ2v) is 5.54. The SMILES string of the molecule is CCNC(=O)c1cn(-c2ccc(F)cc2)nc1-c1cccc(C)c1. The molecule has 1 N–H and O–H groups in total. The third kappa shape index (κ3) is 3.20. The lowest BCUT2D eigenvalue weighted by molar-refractivity contribution is 0.0956. The molecule has 24 heavy (non-hydrogen) atoms. The van der Waals surface area contributed by atoms with Gasteiger partial charge in [0.05, 0.1) is 11.3 Å². The molecule has 0 fully saturated rings. The summed E-state index contributed by atoms with van der Waals surface area (Å²) in [6.45, 7) is 4.40. The number of aromatic nitrogens is 2. The zero-order chi connectivity index (χ0) is 17.1. The maximum absolute atomic E-state index is 13.1. The molecular formula is C19H18FN3O. The third-order valence-corrected chi connectivity index (χ3v) is 3.68. The predicted molar refractivity (Wildman–Crippen MR) is 91.7 cm³/mol. The fraction of sp³-hybridized carbons (Fsp3) is 0.158. The molecule has 0 bridgehead atoms. The largest absolute Gasteiger partial charge is 0.352 e. The van der Waals surface area contributed by atoms with Crippen molar-refractivity contribution in [1.29, 1.82) is 0 Å². The topological polar surface area (TPSA) is 46.9 Å². The van der Waals surface area contributed by atoms with Gasteiger partial charge in [-0.05, 0) is 44.2 Å². The number of halogens is 1. The molecule has 3 rings (SSSR count). The Morgan fingerprint density at radius 3 is 2.62 bits per heavy atom. The zero-order valence-electron chi connectivity index (χ0n) is 13.6. The fourth-order valence-corrected chi connectivity index (χ4v) is 2.53. The first kappa shape index (κ1) is 15.9. The fourth-order valence-electron chi connectivity index (χ4n) is 2.53. The van der Waals surface area contributed by atoms with Crippen molar-refractivity contribution in [1.82, 2.24) is 15.1 Å². The van der Waals surface area contributed by atoms with Crippen molar-refractivity contribution in [3.05, 3.63) is 71.7 Å². The number of hydrogen-bond donors (Lipinski definition) is 1. The van der Waals surface area contributed by atoms with E-state index < -0.39 is 0 Å². The van der Waals surface area contributed by atoms with E-state index in [9.17, 15) is 9.18 Å². The Hall–Kier alpha value is -2.95. The van der Waals surface area contributed by atoms with E-state index >= 15 is 0 Å². The molecular weight excluding hydrogens is 305 g/mol.